The Hall–Kier alpha value is -1.93. The van der Waals surface area contributed by atoms with Crippen LogP contribution in [0.15, 0.2) is 29.2 Å². The molecule has 1 atom stereocenters. The predicted molar refractivity (Wildman–Crippen MR) is 98.7 cm³/mol. The molecule has 8 heteroatoms. The van der Waals surface area contributed by atoms with Crippen molar-refractivity contribution in [3.63, 3.8) is 0 Å². The number of likely N-dealkylation sites (tertiary alicyclic amines) is 1. The number of rotatable bonds is 7. The summed E-state index contributed by atoms with van der Waals surface area (Å²) in [6.07, 6.45) is 1.29. The Labute approximate surface area is 155 Å². The van der Waals surface area contributed by atoms with Crippen LogP contribution in [0.4, 0.5) is 0 Å². The van der Waals surface area contributed by atoms with Crippen LogP contribution >= 0.6 is 0 Å². The molecule has 0 spiro atoms. The van der Waals surface area contributed by atoms with Crippen LogP contribution in [0, 0.1) is 5.92 Å². The van der Waals surface area contributed by atoms with Crippen LogP contribution in [0.1, 0.15) is 32.3 Å². The molecule has 0 bridgehead atoms. The highest BCUT2D eigenvalue weighted by Gasteiger charge is 2.34. The first-order valence-electron chi connectivity index (χ1n) is 8.73. The molecule has 1 aliphatic rings. The van der Waals surface area contributed by atoms with E-state index in [1.807, 2.05) is 13.8 Å². The number of benzene rings is 1. The first-order chi connectivity index (χ1) is 12.1. The van der Waals surface area contributed by atoms with E-state index in [4.69, 9.17) is 0 Å². The summed E-state index contributed by atoms with van der Waals surface area (Å²) in [5, 5.41) is 2.87. The zero-order valence-corrected chi connectivity index (χ0v) is 16.5. The molecule has 0 saturated carbocycles. The molecule has 0 aliphatic carbocycles. The van der Waals surface area contributed by atoms with Crippen molar-refractivity contribution in [2.45, 2.75) is 44.2 Å². The molecule has 1 aromatic rings. The number of carbonyl (C=O) groups is 2. The lowest BCUT2D eigenvalue weighted by atomic mass is 10.0. The van der Waals surface area contributed by atoms with Gasteiger partial charge in [-0.2, -0.15) is 0 Å². The number of nitrogens with zero attached hydrogens (tertiary/aromatic N) is 2. The highest BCUT2D eigenvalue weighted by atomic mass is 32.2. The van der Waals surface area contributed by atoms with Crippen LogP contribution in [0.2, 0.25) is 0 Å². The third kappa shape index (κ3) is 4.42. The van der Waals surface area contributed by atoms with Crippen molar-refractivity contribution in [2.75, 3.05) is 20.6 Å². The molecule has 1 aromatic carbocycles. The zero-order valence-electron chi connectivity index (χ0n) is 15.7. The molecule has 144 valence electrons. The van der Waals surface area contributed by atoms with Gasteiger partial charge in [0.1, 0.15) is 6.04 Å². The van der Waals surface area contributed by atoms with Gasteiger partial charge >= 0.3 is 0 Å². The Morgan fingerprint density at radius 3 is 2.31 bits per heavy atom. The van der Waals surface area contributed by atoms with E-state index in [1.54, 1.807) is 17.0 Å². The van der Waals surface area contributed by atoms with Crippen LogP contribution < -0.4 is 5.32 Å². The van der Waals surface area contributed by atoms with Gasteiger partial charge in [0.15, 0.2) is 0 Å². The molecule has 2 rings (SSSR count). The van der Waals surface area contributed by atoms with Gasteiger partial charge in [-0.3, -0.25) is 9.59 Å². The average molecular weight is 381 g/mol. The molecular formula is C18H27N3O4S. The van der Waals surface area contributed by atoms with Gasteiger partial charge in [-0.15, -0.1) is 0 Å². The summed E-state index contributed by atoms with van der Waals surface area (Å²) < 4.78 is 25.3. The third-order valence-corrected chi connectivity index (χ3v) is 6.34. The maximum atomic E-state index is 12.6. The van der Waals surface area contributed by atoms with Crippen molar-refractivity contribution in [2.24, 2.45) is 5.92 Å². The largest absolute Gasteiger partial charge is 0.350 e. The second kappa shape index (κ2) is 8.18. The molecule has 0 radical (unpaired) electrons. The Bertz CT molecular complexity index is 757. The number of amides is 2. The normalized spacial score (nSPS) is 16.4. The van der Waals surface area contributed by atoms with E-state index < -0.39 is 16.1 Å². The van der Waals surface area contributed by atoms with Crippen LogP contribution in [-0.4, -0.2) is 56.1 Å². The summed E-state index contributed by atoms with van der Waals surface area (Å²) in [6, 6.07) is 5.95. The lowest BCUT2D eigenvalue weighted by Gasteiger charge is -2.29. The molecule has 0 aromatic heterocycles. The predicted octanol–water partition coefficient (Wildman–Crippen LogP) is 1.20. The smallest absolute Gasteiger partial charge is 0.243 e. The van der Waals surface area contributed by atoms with E-state index in [2.05, 4.69) is 5.32 Å². The molecule has 1 fully saturated rings. The lowest BCUT2D eigenvalue weighted by molar-refractivity contribution is -0.139. The Morgan fingerprint density at radius 2 is 1.85 bits per heavy atom. The van der Waals surface area contributed by atoms with Gasteiger partial charge in [0.2, 0.25) is 21.8 Å². The van der Waals surface area contributed by atoms with E-state index in [9.17, 15) is 18.0 Å². The van der Waals surface area contributed by atoms with E-state index in [0.29, 0.717) is 13.0 Å². The molecule has 1 unspecified atom stereocenters. The third-order valence-electron chi connectivity index (χ3n) is 4.51. The van der Waals surface area contributed by atoms with Gasteiger partial charge in [0, 0.05) is 33.6 Å². The quantitative estimate of drug-likeness (QED) is 0.769. The summed E-state index contributed by atoms with van der Waals surface area (Å²) in [5.74, 6) is -0.137. The molecule has 7 nitrogen and oxygen atoms in total. The van der Waals surface area contributed by atoms with Crippen molar-refractivity contribution < 1.29 is 18.0 Å². The second-order valence-electron chi connectivity index (χ2n) is 7.03. The number of sulfonamides is 1. The van der Waals surface area contributed by atoms with Gasteiger partial charge < -0.3 is 10.2 Å². The zero-order chi connectivity index (χ0) is 19.5. The first-order valence-corrected chi connectivity index (χ1v) is 10.2. The number of nitrogens with one attached hydrogen (secondary N) is 1. The summed E-state index contributed by atoms with van der Waals surface area (Å²) in [6.45, 7) is 4.76. The van der Waals surface area contributed by atoms with Gasteiger partial charge in [0.25, 0.3) is 0 Å². The minimum Gasteiger partial charge on any atom is -0.350 e. The summed E-state index contributed by atoms with van der Waals surface area (Å²) >= 11 is 0. The molecule has 1 aliphatic heterocycles. The van der Waals surface area contributed by atoms with E-state index in [1.165, 1.54) is 26.2 Å². The van der Waals surface area contributed by atoms with Gasteiger partial charge in [-0.25, -0.2) is 12.7 Å². The molecular weight excluding hydrogens is 354 g/mol. The van der Waals surface area contributed by atoms with E-state index >= 15 is 0 Å². The fraction of sp³-hybridized carbons (Fsp3) is 0.556. The highest BCUT2D eigenvalue weighted by molar-refractivity contribution is 7.89. The van der Waals surface area contributed by atoms with E-state index in [-0.39, 0.29) is 29.2 Å². The first kappa shape index (κ1) is 20.4. The second-order valence-corrected chi connectivity index (χ2v) is 9.18. The lowest BCUT2D eigenvalue weighted by Crippen LogP contribution is -2.50. The number of hydrogen-bond donors (Lipinski definition) is 1. The number of hydrogen-bond acceptors (Lipinski definition) is 4. The monoisotopic (exact) mass is 381 g/mol. The molecule has 2 amide bonds. The van der Waals surface area contributed by atoms with Crippen LogP contribution in [0.3, 0.4) is 0 Å². The van der Waals surface area contributed by atoms with E-state index in [0.717, 1.165) is 16.3 Å². The minimum absolute atomic E-state index is 0.0182. The Balaban J connectivity index is 2.03. The average Bonchev–Trinajstić information content (AvgIpc) is 2.99. The molecule has 1 saturated heterocycles. The minimum atomic E-state index is -3.46. The molecule has 1 N–H and O–H groups in total. The number of carbonyl (C=O) groups excluding carboxylic acids is 2. The highest BCUT2D eigenvalue weighted by Crippen LogP contribution is 2.19. The Kier molecular flexibility index (Phi) is 6.41. The Morgan fingerprint density at radius 1 is 1.23 bits per heavy atom. The topological polar surface area (TPSA) is 86.8 Å². The SMILES string of the molecule is CC(C)C(C(=O)NCc1ccc(S(=O)(=O)N(C)C)cc1)N1CCCC1=O. The van der Waals surface area contributed by atoms with Gasteiger partial charge in [0.05, 0.1) is 4.90 Å². The van der Waals surface area contributed by atoms with Gasteiger partial charge in [-0.05, 0) is 30.0 Å². The van der Waals surface area contributed by atoms with Crippen molar-refractivity contribution in [3.8, 4) is 0 Å². The van der Waals surface area contributed by atoms with Crippen LogP contribution in [0.5, 0.6) is 0 Å². The fourth-order valence-electron chi connectivity index (χ4n) is 3.05. The maximum absolute atomic E-state index is 12.6. The van der Waals surface area contributed by atoms with Crippen molar-refractivity contribution in [3.05, 3.63) is 29.8 Å². The standard InChI is InChI=1S/C18H27N3O4S/c1-13(2)17(21-11-5-6-16(21)22)18(23)19-12-14-7-9-15(10-8-14)26(24,25)20(3)4/h7-10,13,17H,5-6,11-12H2,1-4H3,(H,19,23). The van der Waals surface area contributed by atoms with Crippen LogP contribution in [-0.2, 0) is 26.2 Å². The maximum Gasteiger partial charge on any atom is 0.243 e. The summed E-state index contributed by atoms with van der Waals surface area (Å²) in [5.41, 5.74) is 0.798. The van der Waals surface area contributed by atoms with Crippen molar-refractivity contribution >= 4 is 21.8 Å². The van der Waals surface area contributed by atoms with Crippen molar-refractivity contribution in [1.29, 1.82) is 0 Å². The molecule has 26 heavy (non-hydrogen) atoms. The summed E-state index contributed by atoms with van der Waals surface area (Å²) in [4.78, 5) is 26.4. The molecule has 1 heterocycles. The van der Waals surface area contributed by atoms with Crippen molar-refractivity contribution in [1.82, 2.24) is 14.5 Å². The summed E-state index contributed by atoms with van der Waals surface area (Å²) in [7, 11) is -0.502. The van der Waals surface area contributed by atoms with Gasteiger partial charge in [-0.1, -0.05) is 26.0 Å². The van der Waals surface area contributed by atoms with Crippen LogP contribution in [0.25, 0.3) is 0 Å². The fourth-order valence-corrected chi connectivity index (χ4v) is 3.95.